The monoisotopic (exact) mass is 371 g/mol. The first-order valence-electron chi connectivity index (χ1n) is 8.27. The van der Waals surface area contributed by atoms with E-state index in [-0.39, 0.29) is 5.91 Å². The lowest BCUT2D eigenvalue weighted by Gasteiger charge is -2.32. The van der Waals surface area contributed by atoms with E-state index in [0.717, 1.165) is 42.4 Å². The Morgan fingerprint density at radius 3 is 2.26 bits per heavy atom. The molecule has 1 saturated heterocycles. The van der Waals surface area contributed by atoms with Crippen molar-refractivity contribution in [1.29, 1.82) is 0 Å². The third kappa shape index (κ3) is 4.68. The lowest BCUT2D eigenvalue weighted by atomic mass is 9.90. The minimum Gasteiger partial charge on any atom is -0.342 e. The lowest BCUT2D eigenvalue weighted by molar-refractivity contribution is -0.131. The SMILES string of the molecule is O=C(Cc1ccc(Br)cc1)N1CCC(Cc2ccccc2)CC1. The highest BCUT2D eigenvalue weighted by molar-refractivity contribution is 9.10. The second kappa shape index (κ2) is 7.78. The fourth-order valence-corrected chi connectivity index (χ4v) is 3.49. The van der Waals surface area contributed by atoms with Gasteiger partial charge in [-0.1, -0.05) is 58.4 Å². The van der Waals surface area contributed by atoms with Crippen LogP contribution < -0.4 is 0 Å². The van der Waals surface area contributed by atoms with E-state index in [9.17, 15) is 4.79 Å². The van der Waals surface area contributed by atoms with Crippen molar-refractivity contribution >= 4 is 21.8 Å². The van der Waals surface area contributed by atoms with E-state index in [1.54, 1.807) is 0 Å². The van der Waals surface area contributed by atoms with Crippen LogP contribution in [0.2, 0.25) is 0 Å². The van der Waals surface area contributed by atoms with E-state index < -0.39 is 0 Å². The minimum atomic E-state index is 0.255. The van der Waals surface area contributed by atoms with Gasteiger partial charge in [0.05, 0.1) is 6.42 Å². The molecule has 1 aliphatic heterocycles. The summed E-state index contributed by atoms with van der Waals surface area (Å²) >= 11 is 3.43. The number of amides is 1. The van der Waals surface area contributed by atoms with Crippen molar-refractivity contribution in [2.45, 2.75) is 25.7 Å². The third-order valence-corrected chi connectivity index (χ3v) is 5.13. The van der Waals surface area contributed by atoms with Gasteiger partial charge >= 0.3 is 0 Å². The second-order valence-electron chi connectivity index (χ2n) is 6.32. The molecule has 0 spiro atoms. The third-order valence-electron chi connectivity index (χ3n) is 4.60. The fourth-order valence-electron chi connectivity index (χ4n) is 3.22. The van der Waals surface area contributed by atoms with Crippen LogP contribution in [-0.2, 0) is 17.6 Å². The maximum atomic E-state index is 12.4. The Morgan fingerprint density at radius 1 is 0.957 bits per heavy atom. The van der Waals surface area contributed by atoms with Crippen LogP contribution in [-0.4, -0.2) is 23.9 Å². The van der Waals surface area contributed by atoms with E-state index in [0.29, 0.717) is 12.3 Å². The van der Waals surface area contributed by atoms with Crippen LogP contribution in [0.25, 0.3) is 0 Å². The lowest BCUT2D eigenvalue weighted by Crippen LogP contribution is -2.39. The molecule has 3 heteroatoms. The summed E-state index contributed by atoms with van der Waals surface area (Å²) in [4.78, 5) is 14.5. The van der Waals surface area contributed by atoms with Crippen LogP contribution in [0.3, 0.4) is 0 Å². The molecule has 0 bridgehead atoms. The van der Waals surface area contributed by atoms with Crippen molar-refractivity contribution in [3.63, 3.8) is 0 Å². The predicted octanol–water partition coefficient (Wildman–Crippen LogP) is 4.47. The Bertz CT molecular complexity index is 630. The molecule has 2 aromatic carbocycles. The molecule has 0 unspecified atom stereocenters. The van der Waals surface area contributed by atoms with E-state index in [4.69, 9.17) is 0 Å². The maximum absolute atomic E-state index is 12.4. The zero-order valence-corrected chi connectivity index (χ0v) is 14.8. The topological polar surface area (TPSA) is 20.3 Å². The Balaban J connectivity index is 1.48. The van der Waals surface area contributed by atoms with Crippen LogP contribution >= 0.6 is 15.9 Å². The molecule has 2 nitrogen and oxygen atoms in total. The number of rotatable bonds is 4. The highest BCUT2D eigenvalue weighted by Gasteiger charge is 2.22. The zero-order chi connectivity index (χ0) is 16.1. The van der Waals surface area contributed by atoms with Gasteiger partial charge in [0.2, 0.25) is 5.91 Å². The number of halogens is 1. The Morgan fingerprint density at radius 2 is 1.61 bits per heavy atom. The maximum Gasteiger partial charge on any atom is 0.226 e. The van der Waals surface area contributed by atoms with Gasteiger partial charge in [0.15, 0.2) is 0 Å². The summed E-state index contributed by atoms with van der Waals surface area (Å²) in [7, 11) is 0. The van der Waals surface area contributed by atoms with E-state index in [1.165, 1.54) is 5.56 Å². The van der Waals surface area contributed by atoms with Crippen molar-refractivity contribution in [2.24, 2.45) is 5.92 Å². The minimum absolute atomic E-state index is 0.255. The summed E-state index contributed by atoms with van der Waals surface area (Å²) in [6, 6.07) is 18.7. The fraction of sp³-hybridized carbons (Fsp3) is 0.350. The number of hydrogen-bond donors (Lipinski definition) is 0. The summed E-state index contributed by atoms with van der Waals surface area (Å²) in [5.74, 6) is 0.958. The first kappa shape index (κ1) is 16.3. The van der Waals surface area contributed by atoms with Crippen LogP contribution in [0.5, 0.6) is 0 Å². The summed E-state index contributed by atoms with van der Waals surface area (Å²) in [6.07, 6.45) is 3.87. The normalized spacial score (nSPS) is 15.6. The number of piperidine rings is 1. The second-order valence-corrected chi connectivity index (χ2v) is 7.23. The number of carbonyl (C=O) groups is 1. The molecule has 1 amide bonds. The zero-order valence-electron chi connectivity index (χ0n) is 13.2. The smallest absolute Gasteiger partial charge is 0.226 e. The van der Waals surface area contributed by atoms with Gasteiger partial charge in [0.1, 0.15) is 0 Å². The molecule has 0 atom stereocenters. The highest BCUT2D eigenvalue weighted by Crippen LogP contribution is 2.22. The molecule has 0 N–H and O–H groups in total. The quantitative estimate of drug-likeness (QED) is 0.775. The molecule has 0 radical (unpaired) electrons. The van der Waals surface area contributed by atoms with Gasteiger partial charge in [0, 0.05) is 17.6 Å². The molecule has 1 fully saturated rings. The molecule has 2 aromatic rings. The molecular formula is C20H22BrNO. The number of hydrogen-bond acceptors (Lipinski definition) is 1. The highest BCUT2D eigenvalue weighted by atomic mass is 79.9. The first-order chi connectivity index (χ1) is 11.2. The molecule has 0 saturated carbocycles. The molecule has 0 aliphatic carbocycles. The van der Waals surface area contributed by atoms with E-state index >= 15 is 0 Å². The molecule has 120 valence electrons. The van der Waals surface area contributed by atoms with Gasteiger partial charge in [-0.2, -0.15) is 0 Å². The number of benzene rings is 2. The van der Waals surface area contributed by atoms with Gasteiger partial charge < -0.3 is 4.90 Å². The summed E-state index contributed by atoms with van der Waals surface area (Å²) in [5, 5.41) is 0. The van der Waals surface area contributed by atoms with Gasteiger partial charge in [-0.05, 0) is 48.4 Å². The van der Waals surface area contributed by atoms with E-state index in [2.05, 4.69) is 46.3 Å². The molecule has 1 heterocycles. The molecule has 0 aromatic heterocycles. The molecule has 23 heavy (non-hydrogen) atoms. The van der Waals surface area contributed by atoms with E-state index in [1.807, 2.05) is 29.2 Å². The van der Waals surface area contributed by atoms with Crippen molar-refractivity contribution in [1.82, 2.24) is 4.90 Å². The predicted molar refractivity (Wildman–Crippen MR) is 97.3 cm³/mol. The van der Waals surface area contributed by atoms with Crippen molar-refractivity contribution in [3.05, 3.63) is 70.2 Å². The average molecular weight is 372 g/mol. The van der Waals surface area contributed by atoms with Crippen LogP contribution in [0.4, 0.5) is 0 Å². The van der Waals surface area contributed by atoms with Gasteiger partial charge in [-0.15, -0.1) is 0 Å². The molecule has 1 aliphatic rings. The average Bonchev–Trinajstić information content (AvgIpc) is 2.58. The summed E-state index contributed by atoms with van der Waals surface area (Å²) < 4.78 is 1.05. The van der Waals surface area contributed by atoms with Crippen molar-refractivity contribution < 1.29 is 4.79 Å². The Hall–Kier alpha value is -1.61. The van der Waals surface area contributed by atoms with Gasteiger partial charge in [-0.25, -0.2) is 0 Å². The number of nitrogens with zero attached hydrogens (tertiary/aromatic N) is 1. The van der Waals surface area contributed by atoms with Crippen LogP contribution in [0.1, 0.15) is 24.0 Å². The number of likely N-dealkylation sites (tertiary alicyclic amines) is 1. The Labute approximate surface area is 146 Å². The summed E-state index contributed by atoms with van der Waals surface area (Å²) in [6.45, 7) is 1.79. The standard InChI is InChI=1S/C20H22BrNO/c21-19-8-6-17(7-9-19)15-20(23)22-12-10-18(11-13-22)14-16-4-2-1-3-5-16/h1-9,18H,10-15H2. The van der Waals surface area contributed by atoms with Crippen LogP contribution in [0, 0.1) is 5.92 Å². The van der Waals surface area contributed by atoms with Crippen LogP contribution in [0.15, 0.2) is 59.1 Å². The first-order valence-corrected chi connectivity index (χ1v) is 9.06. The number of carbonyl (C=O) groups excluding carboxylic acids is 1. The Kier molecular flexibility index (Phi) is 5.50. The van der Waals surface area contributed by atoms with Gasteiger partial charge in [0.25, 0.3) is 0 Å². The molecule has 3 rings (SSSR count). The van der Waals surface area contributed by atoms with Crippen molar-refractivity contribution in [2.75, 3.05) is 13.1 Å². The van der Waals surface area contributed by atoms with Gasteiger partial charge in [-0.3, -0.25) is 4.79 Å². The van der Waals surface area contributed by atoms with Crippen molar-refractivity contribution in [3.8, 4) is 0 Å². The summed E-state index contributed by atoms with van der Waals surface area (Å²) in [5.41, 5.74) is 2.50. The largest absolute Gasteiger partial charge is 0.342 e. The molecular weight excluding hydrogens is 350 g/mol.